The van der Waals surface area contributed by atoms with Crippen molar-refractivity contribution in [3.05, 3.63) is 29.6 Å². The van der Waals surface area contributed by atoms with Gasteiger partial charge in [-0.25, -0.2) is 9.97 Å². The van der Waals surface area contributed by atoms with E-state index in [9.17, 15) is 0 Å². The molecule has 0 spiro atoms. The van der Waals surface area contributed by atoms with E-state index >= 15 is 0 Å². The molecule has 2 aromatic rings. The Hall–Kier alpha value is -2.17. The number of rotatable bonds is 1. The Balaban J connectivity index is 2.79. The van der Waals surface area contributed by atoms with Crippen LogP contribution in [0.4, 0.5) is 5.82 Å². The Morgan fingerprint density at radius 1 is 1.19 bits per heavy atom. The predicted octanol–water partition coefficient (Wildman–Crippen LogP) is 1.15. The second-order valence-electron chi connectivity index (χ2n) is 3.65. The predicted molar refractivity (Wildman–Crippen MR) is 64.5 cm³/mol. The summed E-state index contributed by atoms with van der Waals surface area (Å²) in [6.45, 7) is 3.81. The quantitative estimate of drug-likeness (QED) is 0.551. The summed E-state index contributed by atoms with van der Waals surface area (Å²) in [6.07, 6.45) is 0. The minimum Gasteiger partial charge on any atom is -0.370 e. The van der Waals surface area contributed by atoms with Crippen LogP contribution in [0.1, 0.15) is 11.4 Å². The van der Waals surface area contributed by atoms with E-state index in [2.05, 4.69) is 15.0 Å². The molecule has 0 unspecified atom stereocenters. The minimum atomic E-state index is 0.000839. The van der Waals surface area contributed by atoms with Crippen LogP contribution < -0.4 is 11.5 Å². The smallest absolute Gasteiger partial charge is 0.192 e. The summed E-state index contributed by atoms with van der Waals surface area (Å²) in [4.78, 5) is 12.6. The Bertz CT molecular complexity index is 570. The van der Waals surface area contributed by atoms with Crippen LogP contribution >= 0.6 is 0 Å². The molecule has 0 amide bonds. The molecule has 0 bridgehead atoms. The summed E-state index contributed by atoms with van der Waals surface area (Å²) in [5, 5.41) is 0.860. The molecule has 1 aromatic heterocycles. The van der Waals surface area contributed by atoms with Crippen LogP contribution in [0.25, 0.3) is 10.9 Å². The first kappa shape index (κ1) is 10.4. The molecule has 1 heterocycles. The van der Waals surface area contributed by atoms with E-state index in [1.807, 2.05) is 32.0 Å². The maximum absolute atomic E-state index is 5.37. The molecule has 0 saturated heterocycles. The summed E-state index contributed by atoms with van der Waals surface area (Å²) in [6, 6.07) is 5.90. The van der Waals surface area contributed by atoms with Crippen molar-refractivity contribution >= 4 is 22.7 Å². The van der Waals surface area contributed by atoms with E-state index in [-0.39, 0.29) is 5.96 Å². The maximum atomic E-state index is 5.37. The largest absolute Gasteiger partial charge is 0.370 e. The van der Waals surface area contributed by atoms with Crippen molar-refractivity contribution in [2.75, 3.05) is 0 Å². The molecular weight excluding hydrogens is 202 g/mol. The first-order valence-corrected chi connectivity index (χ1v) is 4.91. The van der Waals surface area contributed by atoms with Crippen LogP contribution in [0.3, 0.4) is 0 Å². The van der Waals surface area contributed by atoms with Gasteiger partial charge in [0, 0.05) is 5.39 Å². The fourth-order valence-corrected chi connectivity index (χ4v) is 1.55. The molecule has 4 N–H and O–H groups in total. The van der Waals surface area contributed by atoms with Crippen molar-refractivity contribution in [3.8, 4) is 0 Å². The molecule has 0 radical (unpaired) electrons. The zero-order valence-electron chi connectivity index (χ0n) is 9.23. The van der Waals surface area contributed by atoms with E-state index in [1.54, 1.807) is 0 Å². The first-order chi connectivity index (χ1) is 7.56. The number of aryl methyl sites for hydroxylation is 2. The van der Waals surface area contributed by atoms with Gasteiger partial charge in [0.25, 0.3) is 0 Å². The molecular formula is C11H13N5. The van der Waals surface area contributed by atoms with Crippen molar-refractivity contribution in [2.24, 2.45) is 16.5 Å². The van der Waals surface area contributed by atoms with E-state index in [0.717, 1.165) is 16.5 Å². The molecule has 1 aromatic carbocycles. The molecule has 0 saturated carbocycles. The fraction of sp³-hybridized carbons (Fsp3) is 0.182. The molecule has 2 rings (SSSR count). The summed E-state index contributed by atoms with van der Waals surface area (Å²) in [7, 11) is 0. The molecule has 0 aliphatic carbocycles. The molecule has 0 aliphatic heterocycles. The van der Waals surface area contributed by atoms with Gasteiger partial charge in [0.2, 0.25) is 0 Å². The van der Waals surface area contributed by atoms with Gasteiger partial charge in [-0.15, -0.1) is 0 Å². The van der Waals surface area contributed by atoms with Crippen LogP contribution in [-0.2, 0) is 0 Å². The summed E-state index contributed by atoms with van der Waals surface area (Å²) in [5.41, 5.74) is 12.7. The molecule has 16 heavy (non-hydrogen) atoms. The topological polar surface area (TPSA) is 90.2 Å². The van der Waals surface area contributed by atoms with Crippen LogP contribution in [0.2, 0.25) is 0 Å². The van der Waals surface area contributed by atoms with Gasteiger partial charge in [0.15, 0.2) is 11.8 Å². The van der Waals surface area contributed by atoms with Crippen molar-refractivity contribution in [2.45, 2.75) is 13.8 Å². The summed E-state index contributed by atoms with van der Waals surface area (Å²) >= 11 is 0. The lowest BCUT2D eigenvalue weighted by molar-refractivity contribution is 1.08. The van der Waals surface area contributed by atoms with Gasteiger partial charge in [-0.05, 0) is 26.0 Å². The highest BCUT2D eigenvalue weighted by Crippen LogP contribution is 2.23. The highest BCUT2D eigenvalue weighted by Gasteiger charge is 2.05. The lowest BCUT2D eigenvalue weighted by atomic mass is 10.1. The third-order valence-electron chi connectivity index (χ3n) is 2.18. The van der Waals surface area contributed by atoms with Crippen LogP contribution in [0, 0.1) is 13.8 Å². The number of nitrogens with zero attached hydrogens (tertiary/aromatic N) is 3. The number of fused-ring (bicyclic) bond motifs is 1. The van der Waals surface area contributed by atoms with Gasteiger partial charge in [0.1, 0.15) is 5.82 Å². The second kappa shape index (κ2) is 3.77. The normalized spacial score (nSPS) is 10.4. The van der Waals surface area contributed by atoms with Gasteiger partial charge < -0.3 is 11.5 Å². The Morgan fingerprint density at radius 3 is 2.62 bits per heavy atom. The van der Waals surface area contributed by atoms with Crippen molar-refractivity contribution in [3.63, 3.8) is 0 Å². The zero-order chi connectivity index (χ0) is 11.7. The number of guanidine groups is 1. The molecule has 0 aliphatic rings. The van der Waals surface area contributed by atoms with Gasteiger partial charge in [-0.3, -0.25) is 0 Å². The molecule has 5 nitrogen and oxygen atoms in total. The number of aromatic nitrogens is 2. The average Bonchev–Trinajstić information content (AvgIpc) is 2.18. The first-order valence-electron chi connectivity index (χ1n) is 4.91. The van der Waals surface area contributed by atoms with Gasteiger partial charge in [-0.2, -0.15) is 4.99 Å². The highest BCUT2D eigenvalue weighted by atomic mass is 15.1. The lowest BCUT2D eigenvalue weighted by Gasteiger charge is -2.04. The number of aliphatic imine (C=N–C) groups is 1. The number of hydrogen-bond acceptors (Lipinski definition) is 3. The third-order valence-corrected chi connectivity index (χ3v) is 2.18. The molecule has 0 atom stereocenters. The number of nitrogens with two attached hydrogens (primary N) is 2. The summed E-state index contributed by atoms with van der Waals surface area (Å²) < 4.78 is 0. The Morgan fingerprint density at radius 2 is 1.94 bits per heavy atom. The van der Waals surface area contributed by atoms with Gasteiger partial charge in [0.05, 0.1) is 5.52 Å². The Labute approximate surface area is 93.2 Å². The number of benzene rings is 1. The van der Waals surface area contributed by atoms with Crippen molar-refractivity contribution in [1.82, 2.24) is 9.97 Å². The highest BCUT2D eigenvalue weighted by molar-refractivity contribution is 5.91. The third kappa shape index (κ3) is 1.93. The second-order valence-corrected chi connectivity index (χ2v) is 3.65. The molecule has 0 fully saturated rings. The average molecular weight is 215 g/mol. The molecule has 82 valence electrons. The van der Waals surface area contributed by atoms with Crippen molar-refractivity contribution in [1.29, 1.82) is 0 Å². The standard InChI is InChI=1S/C11H13N5/c1-6-3-4-9-8(5-6)10(16-11(12)13)15-7(2)14-9/h3-5H,1-2H3,(H4,12,13,14,15,16). The minimum absolute atomic E-state index is 0.000839. The van der Waals surface area contributed by atoms with Gasteiger partial charge in [-0.1, -0.05) is 11.6 Å². The van der Waals surface area contributed by atoms with E-state index < -0.39 is 0 Å². The van der Waals surface area contributed by atoms with E-state index in [1.165, 1.54) is 0 Å². The SMILES string of the molecule is Cc1ccc2nc(C)nc(N=C(N)N)c2c1. The monoisotopic (exact) mass is 215 g/mol. The number of hydrogen-bond donors (Lipinski definition) is 2. The molecule has 5 heteroatoms. The van der Waals surface area contributed by atoms with Crippen LogP contribution in [0.15, 0.2) is 23.2 Å². The Kier molecular flexibility index (Phi) is 2.44. The van der Waals surface area contributed by atoms with Crippen LogP contribution in [0.5, 0.6) is 0 Å². The van der Waals surface area contributed by atoms with E-state index in [4.69, 9.17) is 11.5 Å². The summed E-state index contributed by atoms with van der Waals surface area (Å²) in [5.74, 6) is 1.17. The maximum Gasteiger partial charge on any atom is 0.192 e. The zero-order valence-corrected chi connectivity index (χ0v) is 9.23. The van der Waals surface area contributed by atoms with Crippen molar-refractivity contribution < 1.29 is 0 Å². The van der Waals surface area contributed by atoms with E-state index in [0.29, 0.717) is 11.6 Å². The van der Waals surface area contributed by atoms with Crippen LogP contribution in [-0.4, -0.2) is 15.9 Å². The lowest BCUT2D eigenvalue weighted by Crippen LogP contribution is -2.22. The fourth-order valence-electron chi connectivity index (χ4n) is 1.55. The van der Waals surface area contributed by atoms with Gasteiger partial charge >= 0.3 is 0 Å².